The zero-order chi connectivity index (χ0) is 10.7. The molecule has 0 heterocycles. The average molecular weight is 219 g/mol. The smallest absolute Gasteiger partial charge is 0.387 e. The van der Waals surface area contributed by atoms with E-state index < -0.39 is 6.61 Å². The molecule has 0 atom stereocenters. The van der Waals surface area contributed by atoms with Crippen molar-refractivity contribution in [2.75, 3.05) is 5.73 Å². The maximum atomic E-state index is 11.8. The third kappa shape index (κ3) is 2.24. The van der Waals surface area contributed by atoms with Crippen molar-refractivity contribution >= 4 is 17.3 Å². The summed E-state index contributed by atoms with van der Waals surface area (Å²) in [6.45, 7) is -2.98. The van der Waals surface area contributed by atoms with E-state index in [1.807, 2.05) is 0 Å². The molecule has 0 aliphatic carbocycles. The van der Waals surface area contributed by atoms with Crippen molar-refractivity contribution in [3.8, 4) is 11.8 Å². The zero-order valence-electron chi connectivity index (χ0n) is 6.80. The number of ether oxygens (including phenoxy) is 1. The Morgan fingerprint density at radius 1 is 1.50 bits per heavy atom. The van der Waals surface area contributed by atoms with Crippen molar-refractivity contribution in [3.05, 3.63) is 22.7 Å². The first kappa shape index (κ1) is 10.5. The van der Waals surface area contributed by atoms with Crippen molar-refractivity contribution in [3.63, 3.8) is 0 Å². The van der Waals surface area contributed by atoms with Crippen LogP contribution in [0.3, 0.4) is 0 Å². The lowest BCUT2D eigenvalue weighted by molar-refractivity contribution is -0.0497. The van der Waals surface area contributed by atoms with Crippen molar-refractivity contribution in [2.45, 2.75) is 6.61 Å². The van der Waals surface area contributed by atoms with Crippen LogP contribution in [0.4, 0.5) is 14.5 Å². The Morgan fingerprint density at radius 3 is 2.64 bits per heavy atom. The lowest BCUT2D eigenvalue weighted by atomic mass is 10.2. The predicted molar refractivity (Wildman–Crippen MR) is 47.2 cm³/mol. The summed E-state index contributed by atoms with van der Waals surface area (Å²) in [6.07, 6.45) is 0. The molecular formula is C8H5ClF2N2O. The molecule has 0 saturated carbocycles. The van der Waals surface area contributed by atoms with Gasteiger partial charge in [0.25, 0.3) is 0 Å². The van der Waals surface area contributed by atoms with Gasteiger partial charge in [0.15, 0.2) is 0 Å². The predicted octanol–water partition coefficient (Wildman–Crippen LogP) is 2.40. The number of hydrogen-bond acceptors (Lipinski definition) is 3. The molecule has 0 amide bonds. The Kier molecular flexibility index (Phi) is 3.10. The molecule has 6 heteroatoms. The molecule has 14 heavy (non-hydrogen) atoms. The summed E-state index contributed by atoms with van der Waals surface area (Å²) in [7, 11) is 0. The van der Waals surface area contributed by atoms with Gasteiger partial charge in [-0.15, -0.1) is 0 Å². The molecule has 0 fully saturated rings. The molecule has 74 valence electrons. The fourth-order valence-corrected chi connectivity index (χ4v) is 1.07. The number of alkyl halides is 2. The van der Waals surface area contributed by atoms with Crippen LogP contribution in [0.1, 0.15) is 5.56 Å². The van der Waals surface area contributed by atoms with E-state index in [0.29, 0.717) is 0 Å². The first-order valence-corrected chi connectivity index (χ1v) is 3.86. The minimum absolute atomic E-state index is 0.0463. The van der Waals surface area contributed by atoms with Gasteiger partial charge in [-0.2, -0.15) is 14.0 Å². The van der Waals surface area contributed by atoms with Crippen LogP contribution in [-0.2, 0) is 0 Å². The molecule has 1 aromatic rings. The first-order valence-electron chi connectivity index (χ1n) is 3.48. The van der Waals surface area contributed by atoms with Crippen molar-refractivity contribution in [1.29, 1.82) is 5.26 Å². The van der Waals surface area contributed by atoms with Crippen LogP contribution >= 0.6 is 11.6 Å². The first-order chi connectivity index (χ1) is 6.54. The molecule has 0 aliphatic rings. The average Bonchev–Trinajstić information content (AvgIpc) is 2.09. The number of anilines is 1. The van der Waals surface area contributed by atoms with E-state index in [1.54, 1.807) is 6.07 Å². The van der Waals surface area contributed by atoms with Gasteiger partial charge >= 0.3 is 6.61 Å². The number of nitrogens with two attached hydrogens (primary N) is 1. The second kappa shape index (κ2) is 4.11. The van der Waals surface area contributed by atoms with Gasteiger partial charge in [-0.3, -0.25) is 0 Å². The number of rotatable bonds is 2. The highest BCUT2D eigenvalue weighted by Gasteiger charge is 2.11. The molecular weight excluding hydrogens is 214 g/mol. The highest BCUT2D eigenvalue weighted by molar-refractivity contribution is 6.32. The fraction of sp³-hybridized carbons (Fsp3) is 0.125. The van der Waals surface area contributed by atoms with Gasteiger partial charge < -0.3 is 10.5 Å². The van der Waals surface area contributed by atoms with Gasteiger partial charge in [0.05, 0.1) is 16.3 Å². The molecule has 0 spiro atoms. The van der Waals surface area contributed by atoms with Gasteiger partial charge in [0.1, 0.15) is 11.8 Å². The number of nitrogen functional groups attached to an aromatic ring is 1. The summed E-state index contributed by atoms with van der Waals surface area (Å²) in [5.74, 6) is -0.257. The number of halogens is 3. The van der Waals surface area contributed by atoms with E-state index in [2.05, 4.69) is 4.74 Å². The molecule has 1 rings (SSSR count). The number of nitrogens with zero attached hydrogens (tertiary/aromatic N) is 1. The summed E-state index contributed by atoms with van der Waals surface area (Å²) in [6, 6.07) is 3.99. The Morgan fingerprint density at radius 2 is 2.14 bits per heavy atom. The Labute approximate surface area is 83.6 Å². The second-order valence-electron chi connectivity index (χ2n) is 2.36. The largest absolute Gasteiger partial charge is 0.433 e. The van der Waals surface area contributed by atoms with Crippen LogP contribution in [0.25, 0.3) is 0 Å². The molecule has 3 nitrogen and oxygen atoms in total. The summed E-state index contributed by atoms with van der Waals surface area (Å²) in [5, 5.41) is 8.50. The highest BCUT2D eigenvalue weighted by atomic mass is 35.5. The monoisotopic (exact) mass is 218 g/mol. The second-order valence-corrected chi connectivity index (χ2v) is 2.77. The SMILES string of the molecule is N#Cc1cc(OC(F)F)c(Cl)cc1N. The molecule has 0 unspecified atom stereocenters. The molecule has 0 aromatic heterocycles. The van der Waals surface area contributed by atoms with Gasteiger partial charge in [0.2, 0.25) is 0 Å². The Hall–Kier alpha value is -1.54. The van der Waals surface area contributed by atoms with E-state index in [-0.39, 0.29) is 22.0 Å². The Bertz CT molecular complexity index is 390. The molecule has 1 aromatic carbocycles. The van der Waals surface area contributed by atoms with E-state index in [4.69, 9.17) is 22.6 Å². The van der Waals surface area contributed by atoms with Crippen LogP contribution in [-0.4, -0.2) is 6.61 Å². The number of benzene rings is 1. The molecule has 0 saturated heterocycles. The van der Waals surface area contributed by atoms with Crippen molar-refractivity contribution < 1.29 is 13.5 Å². The maximum Gasteiger partial charge on any atom is 0.387 e. The van der Waals surface area contributed by atoms with Crippen molar-refractivity contribution in [1.82, 2.24) is 0 Å². The third-order valence-corrected chi connectivity index (χ3v) is 1.74. The number of nitriles is 1. The van der Waals surface area contributed by atoms with Gasteiger partial charge in [0, 0.05) is 6.07 Å². The van der Waals surface area contributed by atoms with Gasteiger partial charge in [-0.1, -0.05) is 11.6 Å². The van der Waals surface area contributed by atoms with Crippen molar-refractivity contribution in [2.24, 2.45) is 0 Å². The van der Waals surface area contributed by atoms with Crippen LogP contribution in [0.5, 0.6) is 5.75 Å². The lowest BCUT2D eigenvalue weighted by Crippen LogP contribution is -2.03. The fourth-order valence-electron chi connectivity index (χ4n) is 0.852. The van der Waals surface area contributed by atoms with Crippen LogP contribution in [0, 0.1) is 11.3 Å². The summed E-state index contributed by atoms with van der Waals surface area (Å²) >= 11 is 5.55. The highest BCUT2D eigenvalue weighted by Crippen LogP contribution is 2.30. The standard InChI is InChI=1S/C8H5ClF2N2O/c9-5-2-6(13)4(3-12)1-7(5)14-8(10)11/h1-2,8H,13H2. The van der Waals surface area contributed by atoms with E-state index >= 15 is 0 Å². The maximum absolute atomic E-state index is 11.8. The third-order valence-electron chi connectivity index (χ3n) is 1.44. The summed E-state index contributed by atoms with van der Waals surface area (Å²) in [4.78, 5) is 0. The van der Waals surface area contributed by atoms with Gasteiger partial charge in [-0.05, 0) is 6.07 Å². The molecule has 0 bridgehead atoms. The lowest BCUT2D eigenvalue weighted by Gasteiger charge is -2.07. The van der Waals surface area contributed by atoms with Crippen LogP contribution in [0.15, 0.2) is 12.1 Å². The molecule has 2 N–H and O–H groups in total. The van der Waals surface area contributed by atoms with E-state index in [1.165, 1.54) is 6.07 Å². The molecule has 0 aliphatic heterocycles. The summed E-state index contributed by atoms with van der Waals surface area (Å²) in [5.41, 5.74) is 5.55. The summed E-state index contributed by atoms with van der Waals surface area (Å²) < 4.78 is 27.8. The number of hydrogen-bond donors (Lipinski definition) is 1. The Balaban J connectivity index is 3.12. The van der Waals surface area contributed by atoms with Gasteiger partial charge in [-0.25, -0.2) is 0 Å². The van der Waals surface area contributed by atoms with Crippen LogP contribution in [0.2, 0.25) is 5.02 Å². The minimum atomic E-state index is -2.98. The zero-order valence-corrected chi connectivity index (χ0v) is 7.55. The van der Waals surface area contributed by atoms with Crippen LogP contribution < -0.4 is 10.5 Å². The van der Waals surface area contributed by atoms with E-state index in [0.717, 1.165) is 6.07 Å². The molecule has 0 radical (unpaired) electrons. The quantitative estimate of drug-likeness (QED) is 0.776. The topological polar surface area (TPSA) is 59.0 Å². The minimum Gasteiger partial charge on any atom is -0.433 e. The van der Waals surface area contributed by atoms with E-state index in [9.17, 15) is 8.78 Å². The normalized spacial score (nSPS) is 9.93.